The van der Waals surface area contributed by atoms with E-state index >= 15 is 0 Å². The monoisotopic (exact) mass is 340 g/mol. The first-order valence-electron chi connectivity index (χ1n) is 8.03. The van der Waals surface area contributed by atoms with Crippen LogP contribution in [0.2, 0.25) is 0 Å². The molecule has 2 aromatic carbocycles. The lowest BCUT2D eigenvalue weighted by Crippen LogP contribution is -2.17. The van der Waals surface area contributed by atoms with Gasteiger partial charge in [0.05, 0.1) is 18.2 Å². The van der Waals surface area contributed by atoms with Crippen molar-refractivity contribution in [1.82, 2.24) is 0 Å². The number of ketones is 1. The SMILES string of the molecule is CCCc1ccc(C(=O)COC(=O)c2ccccc2C(=O)OC)cc1. The topological polar surface area (TPSA) is 69.7 Å². The molecule has 5 nitrogen and oxygen atoms in total. The zero-order chi connectivity index (χ0) is 18.2. The number of carbonyl (C=O) groups excluding carboxylic acids is 3. The van der Waals surface area contributed by atoms with E-state index in [0.717, 1.165) is 18.4 Å². The molecule has 0 bridgehead atoms. The van der Waals surface area contributed by atoms with Gasteiger partial charge < -0.3 is 9.47 Å². The highest BCUT2D eigenvalue weighted by Crippen LogP contribution is 2.13. The highest BCUT2D eigenvalue weighted by atomic mass is 16.5. The number of rotatable bonds is 7. The third kappa shape index (κ3) is 4.76. The number of ether oxygens (including phenoxy) is 2. The van der Waals surface area contributed by atoms with Gasteiger partial charge in [-0.25, -0.2) is 9.59 Å². The molecule has 0 atom stereocenters. The number of Topliss-reactive ketones (excluding diaryl/α,β-unsaturated/α-hetero) is 1. The summed E-state index contributed by atoms with van der Waals surface area (Å²) in [6.45, 7) is 1.70. The maximum Gasteiger partial charge on any atom is 0.339 e. The van der Waals surface area contributed by atoms with Crippen molar-refractivity contribution in [2.24, 2.45) is 0 Å². The molecule has 0 aliphatic carbocycles. The minimum Gasteiger partial charge on any atom is -0.465 e. The summed E-state index contributed by atoms with van der Waals surface area (Å²) in [6.07, 6.45) is 1.98. The third-order valence-electron chi connectivity index (χ3n) is 3.70. The van der Waals surface area contributed by atoms with E-state index in [-0.39, 0.29) is 23.5 Å². The Balaban J connectivity index is 2.02. The van der Waals surface area contributed by atoms with Crippen LogP contribution in [0, 0.1) is 0 Å². The van der Waals surface area contributed by atoms with E-state index in [0.29, 0.717) is 5.56 Å². The highest BCUT2D eigenvalue weighted by Gasteiger charge is 2.19. The summed E-state index contributed by atoms with van der Waals surface area (Å²) in [4.78, 5) is 36.0. The van der Waals surface area contributed by atoms with Gasteiger partial charge >= 0.3 is 11.9 Å². The van der Waals surface area contributed by atoms with Crippen molar-refractivity contribution in [2.75, 3.05) is 13.7 Å². The van der Waals surface area contributed by atoms with E-state index in [1.54, 1.807) is 24.3 Å². The molecule has 5 heteroatoms. The van der Waals surface area contributed by atoms with Crippen molar-refractivity contribution in [2.45, 2.75) is 19.8 Å². The van der Waals surface area contributed by atoms with Crippen LogP contribution in [0.25, 0.3) is 0 Å². The molecule has 2 rings (SSSR count). The average Bonchev–Trinajstić information content (AvgIpc) is 2.66. The van der Waals surface area contributed by atoms with E-state index in [9.17, 15) is 14.4 Å². The van der Waals surface area contributed by atoms with E-state index in [4.69, 9.17) is 4.74 Å². The lowest BCUT2D eigenvalue weighted by atomic mass is 10.1. The zero-order valence-corrected chi connectivity index (χ0v) is 14.3. The molecular formula is C20H20O5. The van der Waals surface area contributed by atoms with Gasteiger partial charge in [-0.2, -0.15) is 0 Å². The third-order valence-corrected chi connectivity index (χ3v) is 3.70. The molecule has 0 aliphatic rings. The molecule has 0 saturated carbocycles. The molecule has 25 heavy (non-hydrogen) atoms. The lowest BCUT2D eigenvalue weighted by molar-refractivity contribution is 0.0463. The van der Waals surface area contributed by atoms with Gasteiger partial charge in [0.1, 0.15) is 0 Å². The van der Waals surface area contributed by atoms with Crippen molar-refractivity contribution >= 4 is 17.7 Å². The average molecular weight is 340 g/mol. The van der Waals surface area contributed by atoms with Crippen molar-refractivity contribution in [3.8, 4) is 0 Å². The molecule has 0 aromatic heterocycles. The summed E-state index contributed by atoms with van der Waals surface area (Å²) in [6, 6.07) is 13.4. The van der Waals surface area contributed by atoms with Gasteiger partial charge in [-0.05, 0) is 24.1 Å². The molecule has 0 unspecified atom stereocenters. The predicted octanol–water partition coefficient (Wildman–Crippen LogP) is 3.47. The van der Waals surface area contributed by atoms with Gasteiger partial charge in [-0.1, -0.05) is 49.7 Å². The fourth-order valence-corrected chi connectivity index (χ4v) is 2.39. The van der Waals surface area contributed by atoms with Gasteiger partial charge in [-0.15, -0.1) is 0 Å². The second-order valence-electron chi connectivity index (χ2n) is 5.48. The Morgan fingerprint density at radius 3 is 2.04 bits per heavy atom. The summed E-state index contributed by atoms with van der Waals surface area (Å²) < 4.78 is 9.70. The molecule has 0 radical (unpaired) electrons. The first kappa shape index (κ1) is 18.4. The van der Waals surface area contributed by atoms with Crippen LogP contribution in [0.3, 0.4) is 0 Å². The first-order chi connectivity index (χ1) is 12.1. The minimum atomic E-state index is -0.739. The maximum absolute atomic E-state index is 12.2. The van der Waals surface area contributed by atoms with E-state index in [1.807, 2.05) is 12.1 Å². The predicted molar refractivity (Wildman–Crippen MR) is 92.8 cm³/mol. The fourth-order valence-electron chi connectivity index (χ4n) is 2.39. The largest absolute Gasteiger partial charge is 0.465 e. The standard InChI is InChI=1S/C20H20O5/c1-3-6-14-9-11-15(12-10-14)18(21)13-25-20(23)17-8-5-4-7-16(17)19(22)24-2/h4-5,7-12H,3,6,13H2,1-2H3. The smallest absolute Gasteiger partial charge is 0.339 e. The number of methoxy groups -OCH3 is 1. The van der Waals surface area contributed by atoms with Gasteiger partial charge in [0.25, 0.3) is 0 Å². The van der Waals surface area contributed by atoms with Crippen molar-refractivity contribution < 1.29 is 23.9 Å². The van der Waals surface area contributed by atoms with Crippen LogP contribution in [0.1, 0.15) is 50.0 Å². The number of hydrogen-bond acceptors (Lipinski definition) is 5. The van der Waals surface area contributed by atoms with Crippen LogP contribution in [0.4, 0.5) is 0 Å². The Morgan fingerprint density at radius 2 is 1.48 bits per heavy atom. The number of aryl methyl sites for hydroxylation is 1. The van der Waals surface area contributed by atoms with E-state index < -0.39 is 11.9 Å². The highest BCUT2D eigenvalue weighted by molar-refractivity contribution is 6.04. The summed E-state index contributed by atoms with van der Waals surface area (Å²) in [5.41, 5.74) is 1.81. The normalized spacial score (nSPS) is 10.2. The molecule has 0 aliphatic heterocycles. The van der Waals surface area contributed by atoms with Crippen LogP contribution >= 0.6 is 0 Å². The summed E-state index contributed by atoms with van der Waals surface area (Å²) in [5.74, 6) is -1.67. The number of esters is 2. The summed E-state index contributed by atoms with van der Waals surface area (Å²) in [7, 11) is 1.23. The van der Waals surface area contributed by atoms with Crippen LogP contribution in [0.5, 0.6) is 0 Å². The summed E-state index contributed by atoms with van der Waals surface area (Å²) in [5, 5.41) is 0. The van der Waals surface area contributed by atoms with Gasteiger partial charge in [0.15, 0.2) is 12.4 Å². The van der Waals surface area contributed by atoms with Gasteiger partial charge in [0.2, 0.25) is 0 Å². The molecule has 0 heterocycles. The van der Waals surface area contributed by atoms with Crippen molar-refractivity contribution in [3.05, 3.63) is 70.8 Å². The van der Waals surface area contributed by atoms with E-state index in [1.165, 1.54) is 19.2 Å². The molecule has 2 aromatic rings. The first-order valence-corrected chi connectivity index (χ1v) is 8.03. The second-order valence-corrected chi connectivity index (χ2v) is 5.48. The second kappa shape index (κ2) is 8.78. The van der Waals surface area contributed by atoms with Crippen LogP contribution in [0.15, 0.2) is 48.5 Å². The number of hydrogen-bond donors (Lipinski definition) is 0. The van der Waals surface area contributed by atoms with Gasteiger partial charge in [-0.3, -0.25) is 4.79 Å². The molecule has 0 spiro atoms. The Bertz CT molecular complexity index is 762. The molecule has 0 amide bonds. The molecular weight excluding hydrogens is 320 g/mol. The number of carbonyl (C=O) groups is 3. The Morgan fingerprint density at radius 1 is 0.880 bits per heavy atom. The minimum absolute atomic E-state index is 0.0699. The Hall–Kier alpha value is -2.95. The van der Waals surface area contributed by atoms with Crippen LogP contribution in [-0.4, -0.2) is 31.4 Å². The van der Waals surface area contributed by atoms with Crippen LogP contribution < -0.4 is 0 Å². The molecule has 130 valence electrons. The molecule has 0 saturated heterocycles. The van der Waals surface area contributed by atoms with E-state index in [2.05, 4.69) is 11.7 Å². The quantitative estimate of drug-likeness (QED) is 0.570. The maximum atomic E-state index is 12.2. The van der Waals surface area contributed by atoms with Gasteiger partial charge in [0, 0.05) is 5.56 Å². The fraction of sp³-hybridized carbons (Fsp3) is 0.250. The molecule has 0 fully saturated rings. The Labute approximate surface area is 146 Å². The molecule has 0 N–H and O–H groups in total. The van der Waals surface area contributed by atoms with Crippen molar-refractivity contribution in [1.29, 1.82) is 0 Å². The Kier molecular flexibility index (Phi) is 6.46. The van der Waals surface area contributed by atoms with Crippen LogP contribution in [-0.2, 0) is 15.9 Å². The number of benzene rings is 2. The lowest BCUT2D eigenvalue weighted by Gasteiger charge is -2.08. The van der Waals surface area contributed by atoms with Crippen molar-refractivity contribution in [3.63, 3.8) is 0 Å². The summed E-state index contributed by atoms with van der Waals surface area (Å²) >= 11 is 0. The zero-order valence-electron chi connectivity index (χ0n) is 14.3.